The molecule has 0 bridgehead atoms. The Morgan fingerprint density at radius 2 is 1.79 bits per heavy atom. The highest BCUT2D eigenvalue weighted by molar-refractivity contribution is 9.10. The van der Waals surface area contributed by atoms with Crippen molar-refractivity contribution in [2.45, 2.75) is 13.8 Å². The van der Waals surface area contributed by atoms with E-state index in [1.54, 1.807) is 15.9 Å². The van der Waals surface area contributed by atoms with Crippen molar-refractivity contribution in [3.05, 3.63) is 34.1 Å². The summed E-state index contributed by atoms with van der Waals surface area (Å²) in [6.45, 7) is 7.95. The molecule has 1 aromatic carbocycles. The summed E-state index contributed by atoms with van der Waals surface area (Å²) in [7, 11) is 0. The summed E-state index contributed by atoms with van der Waals surface area (Å²) >= 11 is 3.19. The third-order valence-electron chi connectivity index (χ3n) is 4.30. The predicted octanol–water partition coefficient (Wildman–Crippen LogP) is 2.21. The monoisotopic (exact) mass is 399 g/mol. The zero-order valence-electron chi connectivity index (χ0n) is 14.1. The van der Waals surface area contributed by atoms with Gasteiger partial charge in [0.25, 0.3) is 5.91 Å². The first-order chi connectivity index (χ1) is 11.5. The average molecular weight is 400 g/mol. The second-order valence-corrected chi connectivity index (χ2v) is 6.67. The van der Waals surface area contributed by atoms with E-state index in [1.807, 2.05) is 18.7 Å². The van der Waals surface area contributed by atoms with Gasteiger partial charge in [0, 0.05) is 43.7 Å². The first-order valence-electron chi connectivity index (χ1n) is 8.20. The Hall–Kier alpha value is -1.47. The minimum Gasteiger partial charge on any atom is -0.342 e. The van der Waals surface area contributed by atoms with Crippen LogP contribution in [0.3, 0.4) is 0 Å². The zero-order valence-corrected chi connectivity index (χ0v) is 15.7. The lowest BCUT2D eigenvalue weighted by molar-refractivity contribution is -0.132. The van der Waals surface area contributed by atoms with E-state index in [-0.39, 0.29) is 17.4 Å². The van der Waals surface area contributed by atoms with E-state index in [1.165, 1.54) is 12.1 Å². The fourth-order valence-corrected chi connectivity index (χ4v) is 3.14. The topological polar surface area (TPSA) is 43.9 Å². The Balaban J connectivity index is 1.90. The standard InChI is InChI=1S/C17H23BrFN3O2/c1-3-21(4-2)16(23)12-20-7-9-22(10-8-20)17(24)14-6-5-13(18)11-15(14)19/h5-6,11H,3-4,7-10,12H2,1-2H3. The third-order valence-corrected chi connectivity index (χ3v) is 4.79. The van der Waals surface area contributed by atoms with E-state index in [4.69, 9.17) is 0 Å². The van der Waals surface area contributed by atoms with Crippen molar-refractivity contribution >= 4 is 27.7 Å². The van der Waals surface area contributed by atoms with Gasteiger partial charge in [-0.15, -0.1) is 0 Å². The summed E-state index contributed by atoms with van der Waals surface area (Å²) in [5, 5.41) is 0. The van der Waals surface area contributed by atoms with Crippen LogP contribution in [0.4, 0.5) is 4.39 Å². The van der Waals surface area contributed by atoms with Gasteiger partial charge in [-0.25, -0.2) is 4.39 Å². The Kier molecular flexibility index (Phi) is 6.74. The Labute approximate surface area is 150 Å². The van der Waals surface area contributed by atoms with E-state index in [9.17, 15) is 14.0 Å². The highest BCUT2D eigenvalue weighted by Crippen LogP contribution is 2.17. The van der Waals surface area contributed by atoms with Crippen LogP contribution < -0.4 is 0 Å². The summed E-state index contributed by atoms with van der Waals surface area (Å²) in [5.41, 5.74) is 0.0888. The number of benzene rings is 1. The molecular weight excluding hydrogens is 377 g/mol. The summed E-state index contributed by atoms with van der Waals surface area (Å²) in [4.78, 5) is 30.1. The number of amides is 2. The Morgan fingerprint density at radius 3 is 2.33 bits per heavy atom. The average Bonchev–Trinajstić information content (AvgIpc) is 2.56. The molecule has 0 atom stereocenters. The molecule has 0 aliphatic carbocycles. The zero-order chi connectivity index (χ0) is 17.7. The lowest BCUT2D eigenvalue weighted by atomic mass is 10.1. The van der Waals surface area contributed by atoms with Crippen LogP contribution in [0.1, 0.15) is 24.2 Å². The first kappa shape index (κ1) is 18.9. The van der Waals surface area contributed by atoms with E-state index in [2.05, 4.69) is 15.9 Å². The Bertz CT molecular complexity index is 599. The fourth-order valence-electron chi connectivity index (χ4n) is 2.81. The smallest absolute Gasteiger partial charge is 0.256 e. The summed E-state index contributed by atoms with van der Waals surface area (Å²) in [6, 6.07) is 4.46. The molecule has 5 nitrogen and oxygen atoms in total. The van der Waals surface area contributed by atoms with Crippen LogP contribution in [-0.4, -0.2) is 72.3 Å². The molecule has 7 heteroatoms. The maximum Gasteiger partial charge on any atom is 0.256 e. The lowest BCUT2D eigenvalue weighted by Crippen LogP contribution is -2.51. The molecule has 2 rings (SSSR count). The second-order valence-electron chi connectivity index (χ2n) is 5.76. The molecule has 0 unspecified atom stereocenters. The van der Waals surface area contributed by atoms with Crippen LogP contribution in [0.5, 0.6) is 0 Å². The van der Waals surface area contributed by atoms with Crippen LogP contribution in [0.15, 0.2) is 22.7 Å². The molecule has 0 saturated carbocycles. The molecule has 1 saturated heterocycles. The molecule has 1 aliphatic heterocycles. The van der Waals surface area contributed by atoms with Gasteiger partial charge in [-0.05, 0) is 32.0 Å². The SMILES string of the molecule is CCN(CC)C(=O)CN1CCN(C(=O)c2ccc(Br)cc2F)CC1. The molecule has 0 radical (unpaired) electrons. The maximum atomic E-state index is 13.9. The molecule has 24 heavy (non-hydrogen) atoms. The number of nitrogens with zero attached hydrogens (tertiary/aromatic N) is 3. The lowest BCUT2D eigenvalue weighted by Gasteiger charge is -2.35. The van der Waals surface area contributed by atoms with Crippen molar-refractivity contribution in [3.8, 4) is 0 Å². The molecular formula is C17H23BrFN3O2. The number of halogens is 2. The van der Waals surface area contributed by atoms with Gasteiger partial charge in [0.1, 0.15) is 5.82 Å². The largest absolute Gasteiger partial charge is 0.342 e. The van der Waals surface area contributed by atoms with E-state index in [0.29, 0.717) is 50.3 Å². The van der Waals surface area contributed by atoms with Crippen LogP contribution >= 0.6 is 15.9 Å². The second kappa shape index (κ2) is 8.58. The molecule has 1 fully saturated rings. The Morgan fingerprint density at radius 1 is 1.17 bits per heavy atom. The van der Waals surface area contributed by atoms with Gasteiger partial charge in [-0.3, -0.25) is 14.5 Å². The van der Waals surface area contributed by atoms with Gasteiger partial charge in [-0.2, -0.15) is 0 Å². The molecule has 0 aromatic heterocycles. The molecule has 1 heterocycles. The van der Waals surface area contributed by atoms with Gasteiger partial charge in [0.2, 0.25) is 5.91 Å². The van der Waals surface area contributed by atoms with Crippen molar-refractivity contribution in [1.29, 1.82) is 0 Å². The number of carbonyl (C=O) groups is 2. The summed E-state index contributed by atoms with van der Waals surface area (Å²) < 4.78 is 14.5. The van der Waals surface area contributed by atoms with Crippen LogP contribution in [0.2, 0.25) is 0 Å². The van der Waals surface area contributed by atoms with Crippen molar-refractivity contribution in [3.63, 3.8) is 0 Å². The molecule has 0 N–H and O–H groups in total. The number of piperazine rings is 1. The van der Waals surface area contributed by atoms with Crippen molar-refractivity contribution in [2.75, 3.05) is 45.8 Å². The van der Waals surface area contributed by atoms with Crippen molar-refractivity contribution < 1.29 is 14.0 Å². The van der Waals surface area contributed by atoms with Gasteiger partial charge < -0.3 is 9.80 Å². The minimum absolute atomic E-state index is 0.0888. The van der Waals surface area contributed by atoms with Crippen molar-refractivity contribution in [2.24, 2.45) is 0 Å². The van der Waals surface area contributed by atoms with Gasteiger partial charge in [0.05, 0.1) is 12.1 Å². The van der Waals surface area contributed by atoms with Gasteiger partial charge >= 0.3 is 0 Å². The first-order valence-corrected chi connectivity index (χ1v) is 9.00. The molecule has 132 valence electrons. The number of rotatable bonds is 5. The van der Waals surface area contributed by atoms with E-state index < -0.39 is 5.82 Å². The normalized spacial score (nSPS) is 15.4. The summed E-state index contributed by atoms with van der Waals surface area (Å²) in [5.74, 6) is -0.707. The van der Waals surface area contributed by atoms with Gasteiger partial charge in [-0.1, -0.05) is 15.9 Å². The maximum absolute atomic E-state index is 13.9. The fraction of sp³-hybridized carbons (Fsp3) is 0.529. The molecule has 0 spiro atoms. The number of carbonyl (C=O) groups excluding carboxylic acids is 2. The quantitative estimate of drug-likeness (QED) is 0.762. The van der Waals surface area contributed by atoms with E-state index in [0.717, 1.165) is 0 Å². The highest BCUT2D eigenvalue weighted by atomic mass is 79.9. The van der Waals surface area contributed by atoms with Crippen LogP contribution in [0.25, 0.3) is 0 Å². The van der Waals surface area contributed by atoms with Crippen LogP contribution in [0, 0.1) is 5.82 Å². The third kappa shape index (κ3) is 4.54. The van der Waals surface area contributed by atoms with Crippen molar-refractivity contribution in [1.82, 2.24) is 14.7 Å². The number of hydrogen-bond donors (Lipinski definition) is 0. The predicted molar refractivity (Wildman–Crippen MR) is 94.4 cm³/mol. The molecule has 1 aliphatic rings. The number of likely N-dealkylation sites (N-methyl/N-ethyl adjacent to an activating group) is 1. The number of hydrogen-bond acceptors (Lipinski definition) is 3. The highest BCUT2D eigenvalue weighted by Gasteiger charge is 2.25. The van der Waals surface area contributed by atoms with Gasteiger partial charge in [0.15, 0.2) is 0 Å². The van der Waals surface area contributed by atoms with E-state index >= 15 is 0 Å². The van der Waals surface area contributed by atoms with Crippen LogP contribution in [-0.2, 0) is 4.79 Å². The summed E-state index contributed by atoms with van der Waals surface area (Å²) in [6.07, 6.45) is 0. The molecule has 1 aromatic rings. The molecule has 2 amide bonds. The minimum atomic E-state index is -0.520.